The molecule has 2 aromatic heterocycles. The first kappa shape index (κ1) is 18.3. The molecule has 0 spiro atoms. The lowest BCUT2D eigenvalue weighted by atomic mass is 10.1. The molecule has 3 heterocycles. The van der Waals surface area contributed by atoms with Gasteiger partial charge in [0.1, 0.15) is 17.2 Å². The highest BCUT2D eigenvalue weighted by molar-refractivity contribution is 5.95. The molecule has 0 atom stereocenters. The molecule has 0 unspecified atom stereocenters. The van der Waals surface area contributed by atoms with Gasteiger partial charge in [0, 0.05) is 30.5 Å². The molecule has 0 fully saturated rings. The van der Waals surface area contributed by atoms with Crippen LogP contribution in [0, 0.1) is 0 Å². The molecule has 7 heteroatoms. The Morgan fingerprint density at radius 2 is 1.87 bits per heavy atom. The van der Waals surface area contributed by atoms with Gasteiger partial charge in [0.05, 0.1) is 16.5 Å². The van der Waals surface area contributed by atoms with Gasteiger partial charge in [-0.1, -0.05) is 6.42 Å². The van der Waals surface area contributed by atoms with Crippen LogP contribution >= 0.6 is 0 Å². The Morgan fingerprint density at radius 1 is 1.00 bits per heavy atom. The molecular formula is C23H18N2O5. The molecule has 0 amide bonds. The summed E-state index contributed by atoms with van der Waals surface area (Å²) >= 11 is 0. The molecule has 150 valence electrons. The van der Waals surface area contributed by atoms with Gasteiger partial charge < -0.3 is 9.15 Å². The van der Waals surface area contributed by atoms with E-state index in [1.165, 1.54) is 12.1 Å². The van der Waals surface area contributed by atoms with Crippen LogP contribution in [0.4, 0.5) is 0 Å². The molecule has 7 nitrogen and oxygen atoms in total. The number of hydrogen-bond acceptors (Lipinski definition) is 6. The van der Waals surface area contributed by atoms with Crippen LogP contribution in [0.2, 0.25) is 0 Å². The number of aryl methyl sites for hydroxylation is 1. The standard InChI is InChI=1S/C23H18N2O5/c26-21-10-7-14-5-8-16(13-19(14)30-21)29-23(28)15-6-9-17-18(12-15)24-20-4-2-1-3-11-25(20)22(17)27/h5-10,12-13H,1-4,11H2. The lowest BCUT2D eigenvalue weighted by Gasteiger charge is -2.11. The smallest absolute Gasteiger partial charge is 0.343 e. The van der Waals surface area contributed by atoms with Crippen LogP contribution in [0.5, 0.6) is 5.75 Å². The van der Waals surface area contributed by atoms with Gasteiger partial charge in [0.15, 0.2) is 0 Å². The number of fused-ring (bicyclic) bond motifs is 3. The van der Waals surface area contributed by atoms with Crippen molar-refractivity contribution in [2.45, 2.75) is 32.2 Å². The van der Waals surface area contributed by atoms with E-state index in [0.717, 1.165) is 36.9 Å². The molecule has 4 aromatic rings. The minimum absolute atomic E-state index is 0.0682. The summed E-state index contributed by atoms with van der Waals surface area (Å²) < 4.78 is 12.3. The fourth-order valence-electron chi connectivity index (χ4n) is 3.82. The zero-order valence-corrected chi connectivity index (χ0v) is 16.1. The van der Waals surface area contributed by atoms with Gasteiger partial charge in [-0.15, -0.1) is 0 Å². The van der Waals surface area contributed by atoms with E-state index in [1.54, 1.807) is 41.0 Å². The average Bonchev–Trinajstić information content (AvgIpc) is 2.99. The van der Waals surface area contributed by atoms with Gasteiger partial charge in [0.2, 0.25) is 0 Å². The number of benzene rings is 2. The summed E-state index contributed by atoms with van der Waals surface area (Å²) in [5.74, 6) is 0.448. The molecule has 0 N–H and O–H groups in total. The van der Waals surface area contributed by atoms with E-state index in [1.807, 2.05) is 0 Å². The van der Waals surface area contributed by atoms with E-state index in [-0.39, 0.29) is 11.3 Å². The first-order valence-corrected chi connectivity index (χ1v) is 9.88. The van der Waals surface area contributed by atoms with Gasteiger partial charge in [-0.25, -0.2) is 14.6 Å². The highest BCUT2D eigenvalue weighted by Crippen LogP contribution is 2.21. The van der Waals surface area contributed by atoms with E-state index in [9.17, 15) is 14.4 Å². The third kappa shape index (κ3) is 3.28. The van der Waals surface area contributed by atoms with E-state index >= 15 is 0 Å². The summed E-state index contributed by atoms with van der Waals surface area (Å²) in [5, 5.41) is 1.22. The van der Waals surface area contributed by atoms with Crippen LogP contribution in [0.1, 0.15) is 35.4 Å². The summed E-state index contributed by atoms with van der Waals surface area (Å²) in [6, 6.07) is 12.6. The van der Waals surface area contributed by atoms with Gasteiger partial charge in [-0.3, -0.25) is 9.36 Å². The normalized spacial score (nSPS) is 13.7. The Bertz CT molecular complexity index is 1420. The average molecular weight is 402 g/mol. The quantitative estimate of drug-likeness (QED) is 0.290. The molecule has 0 saturated heterocycles. The van der Waals surface area contributed by atoms with E-state index < -0.39 is 11.6 Å². The molecule has 1 aliphatic heterocycles. The third-order valence-electron chi connectivity index (χ3n) is 5.36. The maximum absolute atomic E-state index is 12.8. The number of ether oxygens (including phenoxy) is 1. The van der Waals surface area contributed by atoms with Crippen molar-refractivity contribution < 1.29 is 13.9 Å². The molecule has 0 saturated carbocycles. The zero-order chi connectivity index (χ0) is 20.7. The fraction of sp³-hybridized carbons (Fsp3) is 0.217. The van der Waals surface area contributed by atoms with Gasteiger partial charge in [-0.2, -0.15) is 0 Å². The monoisotopic (exact) mass is 402 g/mol. The Kier molecular flexibility index (Phi) is 4.43. The molecule has 0 aliphatic carbocycles. The first-order chi connectivity index (χ1) is 14.6. The van der Waals surface area contributed by atoms with E-state index in [2.05, 4.69) is 4.98 Å². The highest BCUT2D eigenvalue weighted by atomic mass is 16.5. The second kappa shape index (κ2) is 7.26. The zero-order valence-electron chi connectivity index (χ0n) is 16.1. The van der Waals surface area contributed by atoms with Gasteiger partial charge in [-0.05, 0) is 49.2 Å². The number of esters is 1. The number of rotatable bonds is 2. The summed E-state index contributed by atoms with van der Waals surface area (Å²) in [6.07, 6.45) is 3.79. The van der Waals surface area contributed by atoms with Crippen molar-refractivity contribution in [2.24, 2.45) is 0 Å². The molecule has 0 radical (unpaired) electrons. The summed E-state index contributed by atoms with van der Waals surface area (Å²) in [7, 11) is 0. The maximum Gasteiger partial charge on any atom is 0.343 e. The van der Waals surface area contributed by atoms with Gasteiger partial charge >= 0.3 is 11.6 Å². The summed E-state index contributed by atoms with van der Waals surface area (Å²) in [6.45, 7) is 0.680. The number of hydrogen-bond donors (Lipinski definition) is 0. The minimum atomic E-state index is -0.577. The van der Waals surface area contributed by atoms with Crippen LogP contribution in [-0.2, 0) is 13.0 Å². The Hall–Kier alpha value is -3.74. The van der Waals surface area contributed by atoms with Gasteiger partial charge in [0.25, 0.3) is 5.56 Å². The number of aromatic nitrogens is 2. The number of carbonyl (C=O) groups excluding carboxylic acids is 1. The van der Waals surface area contributed by atoms with E-state index in [0.29, 0.717) is 28.6 Å². The van der Waals surface area contributed by atoms with Crippen molar-refractivity contribution in [3.63, 3.8) is 0 Å². The Labute approximate surface area is 170 Å². The summed E-state index contributed by atoms with van der Waals surface area (Å²) in [4.78, 5) is 41.5. The molecule has 2 aromatic carbocycles. The minimum Gasteiger partial charge on any atom is -0.423 e. The molecule has 1 aliphatic rings. The van der Waals surface area contributed by atoms with Crippen molar-refractivity contribution >= 4 is 27.8 Å². The summed E-state index contributed by atoms with van der Waals surface area (Å²) in [5.41, 5.74) is 0.580. The lowest BCUT2D eigenvalue weighted by Crippen LogP contribution is -2.24. The van der Waals surface area contributed by atoms with E-state index in [4.69, 9.17) is 9.15 Å². The Balaban J connectivity index is 1.49. The van der Waals surface area contributed by atoms with Crippen LogP contribution in [0.15, 0.2) is 62.5 Å². The van der Waals surface area contributed by atoms with Crippen molar-refractivity contribution in [1.82, 2.24) is 9.55 Å². The largest absolute Gasteiger partial charge is 0.423 e. The molecule has 5 rings (SSSR count). The molecule has 0 bridgehead atoms. The Morgan fingerprint density at radius 3 is 2.77 bits per heavy atom. The van der Waals surface area contributed by atoms with Crippen molar-refractivity contribution in [1.29, 1.82) is 0 Å². The maximum atomic E-state index is 12.8. The molecule has 30 heavy (non-hydrogen) atoms. The molecular weight excluding hydrogens is 384 g/mol. The number of carbonyl (C=O) groups is 1. The number of nitrogens with zero attached hydrogens (tertiary/aromatic N) is 2. The van der Waals surface area contributed by atoms with Crippen molar-refractivity contribution in [2.75, 3.05) is 0 Å². The topological polar surface area (TPSA) is 91.4 Å². The van der Waals surface area contributed by atoms with Crippen LogP contribution in [0.25, 0.3) is 21.9 Å². The fourth-order valence-corrected chi connectivity index (χ4v) is 3.82. The SMILES string of the molecule is O=C(Oc1ccc2ccc(=O)oc2c1)c1ccc2c(=O)n3c(nc2c1)CCCCC3. The predicted molar refractivity (Wildman–Crippen MR) is 111 cm³/mol. The van der Waals surface area contributed by atoms with Crippen LogP contribution in [-0.4, -0.2) is 15.5 Å². The first-order valence-electron chi connectivity index (χ1n) is 9.88. The second-order valence-electron chi connectivity index (χ2n) is 7.37. The highest BCUT2D eigenvalue weighted by Gasteiger charge is 2.16. The van der Waals surface area contributed by atoms with Crippen LogP contribution < -0.4 is 15.9 Å². The van der Waals surface area contributed by atoms with Crippen LogP contribution in [0.3, 0.4) is 0 Å². The lowest BCUT2D eigenvalue weighted by molar-refractivity contribution is 0.0735. The third-order valence-corrected chi connectivity index (χ3v) is 5.36. The van der Waals surface area contributed by atoms with Crippen molar-refractivity contribution in [3.8, 4) is 5.75 Å². The predicted octanol–water partition coefficient (Wildman–Crippen LogP) is 3.45. The second-order valence-corrected chi connectivity index (χ2v) is 7.37. The van der Waals surface area contributed by atoms with Crippen molar-refractivity contribution in [3.05, 3.63) is 80.7 Å².